The third-order valence-corrected chi connectivity index (χ3v) is 3.73. The highest BCUT2D eigenvalue weighted by atomic mass is 35.5. The fraction of sp³-hybridized carbons (Fsp3) is 0.143. The standard InChI is InChI=1S/C14H12ClNO3S/c15-10-3-1-4-11(7-10)16(9-14(18)19)13(17)8-12-5-2-6-20-12/h1-7H,8-9H2,(H,18,19). The van der Waals surface area contributed by atoms with E-state index in [0.29, 0.717) is 10.7 Å². The molecule has 1 amide bonds. The van der Waals surface area contributed by atoms with Gasteiger partial charge >= 0.3 is 5.97 Å². The normalized spacial score (nSPS) is 10.2. The molecule has 0 saturated carbocycles. The molecule has 0 bridgehead atoms. The molecule has 0 aliphatic carbocycles. The number of hydrogen-bond acceptors (Lipinski definition) is 3. The van der Waals surface area contributed by atoms with Gasteiger partial charge in [0.2, 0.25) is 5.91 Å². The van der Waals surface area contributed by atoms with Gasteiger partial charge in [0.15, 0.2) is 0 Å². The summed E-state index contributed by atoms with van der Waals surface area (Å²) in [4.78, 5) is 25.4. The van der Waals surface area contributed by atoms with Gasteiger partial charge in [0.1, 0.15) is 6.54 Å². The monoisotopic (exact) mass is 309 g/mol. The van der Waals surface area contributed by atoms with E-state index in [9.17, 15) is 9.59 Å². The Kier molecular flexibility index (Phi) is 4.76. The first kappa shape index (κ1) is 14.6. The number of carboxylic acids is 1. The van der Waals surface area contributed by atoms with Crippen LogP contribution < -0.4 is 4.90 Å². The molecule has 4 nitrogen and oxygen atoms in total. The van der Waals surface area contributed by atoms with E-state index in [-0.39, 0.29) is 18.9 Å². The Bertz CT molecular complexity index is 613. The molecule has 20 heavy (non-hydrogen) atoms. The van der Waals surface area contributed by atoms with Crippen LogP contribution in [0.4, 0.5) is 5.69 Å². The van der Waals surface area contributed by atoms with E-state index in [1.807, 2.05) is 17.5 Å². The van der Waals surface area contributed by atoms with Crippen molar-refractivity contribution >= 4 is 40.5 Å². The van der Waals surface area contributed by atoms with Crippen LogP contribution in [-0.4, -0.2) is 23.5 Å². The van der Waals surface area contributed by atoms with E-state index in [2.05, 4.69) is 0 Å². The molecule has 1 N–H and O–H groups in total. The molecule has 0 aliphatic rings. The number of nitrogens with zero attached hydrogens (tertiary/aromatic N) is 1. The third-order valence-electron chi connectivity index (χ3n) is 2.62. The molecule has 0 aliphatic heterocycles. The van der Waals surface area contributed by atoms with E-state index < -0.39 is 5.97 Å². The smallest absolute Gasteiger partial charge is 0.323 e. The van der Waals surface area contributed by atoms with Gasteiger partial charge in [0, 0.05) is 15.6 Å². The molecule has 0 saturated heterocycles. The van der Waals surface area contributed by atoms with Crippen LogP contribution in [0.25, 0.3) is 0 Å². The van der Waals surface area contributed by atoms with Gasteiger partial charge in [-0.3, -0.25) is 9.59 Å². The zero-order valence-electron chi connectivity index (χ0n) is 10.5. The highest BCUT2D eigenvalue weighted by molar-refractivity contribution is 7.10. The first-order valence-electron chi connectivity index (χ1n) is 5.86. The number of hydrogen-bond donors (Lipinski definition) is 1. The van der Waals surface area contributed by atoms with Gasteiger partial charge in [-0.15, -0.1) is 11.3 Å². The number of halogens is 1. The first-order valence-corrected chi connectivity index (χ1v) is 7.12. The maximum absolute atomic E-state index is 12.3. The Morgan fingerprint density at radius 3 is 2.65 bits per heavy atom. The number of amides is 1. The summed E-state index contributed by atoms with van der Waals surface area (Å²) in [6, 6.07) is 10.3. The van der Waals surface area contributed by atoms with E-state index >= 15 is 0 Å². The van der Waals surface area contributed by atoms with Crippen molar-refractivity contribution in [3.05, 3.63) is 51.7 Å². The minimum atomic E-state index is -1.07. The van der Waals surface area contributed by atoms with Crippen LogP contribution >= 0.6 is 22.9 Å². The molecule has 6 heteroatoms. The molecule has 0 atom stereocenters. The summed E-state index contributed by atoms with van der Waals surface area (Å²) in [5.41, 5.74) is 0.487. The quantitative estimate of drug-likeness (QED) is 0.923. The minimum Gasteiger partial charge on any atom is -0.480 e. The second-order valence-corrected chi connectivity index (χ2v) is 5.58. The topological polar surface area (TPSA) is 57.6 Å². The van der Waals surface area contributed by atoms with Crippen molar-refractivity contribution in [2.24, 2.45) is 0 Å². The summed E-state index contributed by atoms with van der Waals surface area (Å²) in [6.07, 6.45) is 0.178. The lowest BCUT2D eigenvalue weighted by atomic mass is 10.2. The van der Waals surface area contributed by atoms with Gasteiger partial charge in [0.05, 0.1) is 6.42 Å². The van der Waals surface area contributed by atoms with Crippen LogP contribution in [0.5, 0.6) is 0 Å². The number of thiophene rings is 1. The molecule has 0 spiro atoms. The highest BCUT2D eigenvalue weighted by Crippen LogP contribution is 2.21. The number of carbonyl (C=O) groups excluding carboxylic acids is 1. The van der Waals surface area contributed by atoms with Crippen molar-refractivity contribution in [2.45, 2.75) is 6.42 Å². The predicted octanol–water partition coefficient (Wildman–Crippen LogP) is 3.06. The van der Waals surface area contributed by atoms with Crippen molar-refractivity contribution in [1.29, 1.82) is 0 Å². The molecular formula is C14H12ClNO3S. The Balaban J connectivity index is 2.22. The molecule has 0 unspecified atom stereocenters. The fourth-order valence-electron chi connectivity index (χ4n) is 1.76. The summed E-state index contributed by atoms with van der Waals surface area (Å²) < 4.78 is 0. The van der Waals surface area contributed by atoms with Crippen LogP contribution in [0, 0.1) is 0 Å². The molecule has 1 aromatic carbocycles. The van der Waals surface area contributed by atoms with Crippen LogP contribution in [0.15, 0.2) is 41.8 Å². The third kappa shape index (κ3) is 3.82. The largest absolute Gasteiger partial charge is 0.480 e. The van der Waals surface area contributed by atoms with Crippen LogP contribution in [-0.2, 0) is 16.0 Å². The van der Waals surface area contributed by atoms with Crippen LogP contribution in [0.2, 0.25) is 5.02 Å². The van der Waals surface area contributed by atoms with Gasteiger partial charge in [0.25, 0.3) is 0 Å². The van der Waals surface area contributed by atoms with Crippen molar-refractivity contribution in [1.82, 2.24) is 0 Å². The number of aliphatic carboxylic acids is 1. The summed E-state index contributed by atoms with van der Waals surface area (Å²) in [5, 5.41) is 11.3. The maximum Gasteiger partial charge on any atom is 0.323 e. The average molecular weight is 310 g/mol. The second-order valence-electron chi connectivity index (χ2n) is 4.11. The van der Waals surface area contributed by atoms with E-state index in [4.69, 9.17) is 16.7 Å². The summed E-state index contributed by atoms with van der Waals surface area (Å²) in [5.74, 6) is -1.33. The Morgan fingerprint density at radius 2 is 2.05 bits per heavy atom. The lowest BCUT2D eigenvalue weighted by Gasteiger charge is -2.20. The van der Waals surface area contributed by atoms with Crippen molar-refractivity contribution in [2.75, 3.05) is 11.4 Å². The van der Waals surface area contributed by atoms with E-state index in [0.717, 1.165) is 4.88 Å². The molecule has 1 heterocycles. The lowest BCUT2D eigenvalue weighted by Crippen LogP contribution is -2.36. The molecular weight excluding hydrogens is 298 g/mol. The number of carboxylic acid groups (broad SMARTS) is 1. The van der Waals surface area contributed by atoms with Gasteiger partial charge in [-0.25, -0.2) is 0 Å². The number of rotatable bonds is 5. The minimum absolute atomic E-state index is 0.178. The first-order chi connectivity index (χ1) is 9.56. The summed E-state index contributed by atoms with van der Waals surface area (Å²) >= 11 is 7.35. The summed E-state index contributed by atoms with van der Waals surface area (Å²) in [7, 11) is 0. The zero-order valence-corrected chi connectivity index (χ0v) is 12.0. The second kappa shape index (κ2) is 6.54. The number of carbonyl (C=O) groups is 2. The Morgan fingerprint density at radius 1 is 1.25 bits per heavy atom. The molecule has 0 radical (unpaired) electrons. The number of benzene rings is 1. The SMILES string of the molecule is O=C(O)CN(C(=O)Cc1cccs1)c1cccc(Cl)c1. The average Bonchev–Trinajstić information content (AvgIpc) is 2.88. The lowest BCUT2D eigenvalue weighted by molar-refractivity contribution is -0.136. The predicted molar refractivity (Wildman–Crippen MR) is 79.5 cm³/mol. The van der Waals surface area contributed by atoms with Crippen molar-refractivity contribution < 1.29 is 14.7 Å². The molecule has 2 aromatic rings. The molecule has 1 aromatic heterocycles. The van der Waals surface area contributed by atoms with Gasteiger partial charge in [-0.1, -0.05) is 23.7 Å². The van der Waals surface area contributed by atoms with E-state index in [1.165, 1.54) is 16.2 Å². The van der Waals surface area contributed by atoms with Crippen molar-refractivity contribution in [3.63, 3.8) is 0 Å². The maximum atomic E-state index is 12.3. The van der Waals surface area contributed by atoms with Crippen LogP contribution in [0.1, 0.15) is 4.88 Å². The zero-order chi connectivity index (χ0) is 14.5. The van der Waals surface area contributed by atoms with Gasteiger partial charge in [-0.2, -0.15) is 0 Å². The highest BCUT2D eigenvalue weighted by Gasteiger charge is 2.19. The Labute approximate surface area is 125 Å². The van der Waals surface area contributed by atoms with Gasteiger partial charge in [-0.05, 0) is 29.6 Å². The Hall–Kier alpha value is -1.85. The molecule has 104 valence electrons. The van der Waals surface area contributed by atoms with Crippen molar-refractivity contribution in [3.8, 4) is 0 Å². The fourth-order valence-corrected chi connectivity index (χ4v) is 2.64. The molecule has 0 fully saturated rings. The molecule has 2 rings (SSSR count). The number of anilines is 1. The van der Waals surface area contributed by atoms with Crippen LogP contribution in [0.3, 0.4) is 0 Å². The summed E-state index contributed by atoms with van der Waals surface area (Å²) in [6.45, 7) is -0.384. The van der Waals surface area contributed by atoms with E-state index in [1.54, 1.807) is 24.3 Å². The van der Waals surface area contributed by atoms with Gasteiger partial charge < -0.3 is 10.0 Å².